The summed E-state index contributed by atoms with van der Waals surface area (Å²) in [6, 6.07) is 7.73. The van der Waals surface area contributed by atoms with Gasteiger partial charge in [-0.15, -0.1) is 0 Å². The van der Waals surface area contributed by atoms with Crippen molar-refractivity contribution in [3.05, 3.63) is 41.8 Å². The van der Waals surface area contributed by atoms with Crippen molar-refractivity contribution in [3.63, 3.8) is 0 Å². The molecule has 0 spiro atoms. The Labute approximate surface area is 117 Å². The van der Waals surface area contributed by atoms with Gasteiger partial charge in [-0.3, -0.25) is 0 Å². The quantitative estimate of drug-likeness (QED) is 0.851. The molecule has 102 valence electrons. The van der Waals surface area contributed by atoms with Crippen LogP contribution in [0, 0.1) is 6.92 Å². The van der Waals surface area contributed by atoms with Gasteiger partial charge in [0, 0.05) is 11.3 Å². The number of nitrogens with zero attached hydrogens (tertiary/aromatic N) is 1. The van der Waals surface area contributed by atoms with E-state index in [2.05, 4.69) is 11.9 Å². The molecule has 19 heavy (non-hydrogen) atoms. The van der Waals surface area contributed by atoms with Crippen LogP contribution in [0.3, 0.4) is 0 Å². The van der Waals surface area contributed by atoms with Crippen molar-refractivity contribution in [2.75, 3.05) is 7.11 Å². The van der Waals surface area contributed by atoms with Crippen LogP contribution in [0.2, 0.25) is 0 Å². The van der Waals surface area contributed by atoms with Crippen LogP contribution in [0.25, 0.3) is 0 Å². The zero-order valence-electron chi connectivity index (χ0n) is 11.3. The number of ether oxygens (including phenoxy) is 1. The summed E-state index contributed by atoms with van der Waals surface area (Å²) in [4.78, 5) is 4.27. The lowest BCUT2D eigenvalue weighted by molar-refractivity contribution is 0.414. The zero-order chi connectivity index (χ0) is 13.8. The molecule has 2 N–H and O–H groups in total. The molecule has 4 nitrogen and oxygen atoms in total. The van der Waals surface area contributed by atoms with Crippen LogP contribution in [0.1, 0.15) is 24.2 Å². The minimum atomic E-state index is -0.0805. The third-order valence-electron chi connectivity index (χ3n) is 2.89. The molecule has 0 saturated heterocycles. The number of nitrogens with two attached hydrogens (primary N) is 1. The molecule has 0 aliphatic heterocycles. The van der Waals surface area contributed by atoms with E-state index in [9.17, 15) is 0 Å². The van der Waals surface area contributed by atoms with Gasteiger partial charge in [-0.05, 0) is 24.6 Å². The van der Waals surface area contributed by atoms with Gasteiger partial charge in [-0.25, -0.2) is 4.98 Å². The Morgan fingerprint density at radius 2 is 2.00 bits per heavy atom. The maximum Gasteiger partial charge on any atom is 0.256 e. The summed E-state index contributed by atoms with van der Waals surface area (Å²) in [7, 11) is 1.65. The van der Waals surface area contributed by atoms with Crippen molar-refractivity contribution < 1.29 is 9.15 Å². The fourth-order valence-corrected chi connectivity index (χ4v) is 2.64. The van der Waals surface area contributed by atoms with Gasteiger partial charge in [0.2, 0.25) is 0 Å². The highest BCUT2D eigenvalue weighted by atomic mass is 32.2. The first-order valence-corrected chi connectivity index (χ1v) is 6.96. The minimum Gasteiger partial charge on any atom is -0.497 e. The Kier molecular flexibility index (Phi) is 4.50. The highest BCUT2D eigenvalue weighted by Crippen LogP contribution is 2.30. The molecule has 0 bridgehead atoms. The summed E-state index contributed by atoms with van der Waals surface area (Å²) in [6.45, 7) is 3.97. The molecule has 1 aromatic heterocycles. The molecule has 0 amide bonds. The summed E-state index contributed by atoms with van der Waals surface area (Å²) in [5.74, 6) is 0.833. The molecule has 2 rings (SSSR count). The van der Waals surface area contributed by atoms with Crippen LogP contribution in [0.15, 0.2) is 40.2 Å². The van der Waals surface area contributed by atoms with Crippen LogP contribution in [0.4, 0.5) is 0 Å². The predicted molar refractivity (Wildman–Crippen MR) is 76.5 cm³/mol. The molecular weight excluding hydrogens is 260 g/mol. The monoisotopic (exact) mass is 278 g/mol. The van der Waals surface area contributed by atoms with Crippen molar-refractivity contribution in [3.8, 4) is 5.75 Å². The van der Waals surface area contributed by atoms with Crippen LogP contribution in [-0.4, -0.2) is 17.3 Å². The first-order valence-electron chi connectivity index (χ1n) is 6.08. The number of thioether (sulfide) groups is 1. The van der Waals surface area contributed by atoms with Crippen LogP contribution in [0.5, 0.6) is 5.75 Å². The van der Waals surface area contributed by atoms with Crippen molar-refractivity contribution in [1.29, 1.82) is 0 Å². The SMILES string of the molecule is COc1ccc(C(N)C(C)Sc2nc(C)co2)cc1. The molecule has 2 unspecified atom stereocenters. The lowest BCUT2D eigenvalue weighted by Gasteiger charge is -2.18. The van der Waals surface area contributed by atoms with Gasteiger partial charge in [0.15, 0.2) is 0 Å². The molecule has 1 heterocycles. The van der Waals surface area contributed by atoms with E-state index in [1.807, 2.05) is 31.2 Å². The number of hydrogen-bond donors (Lipinski definition) is 1. The molecule has 0 aliphatic carbocycles. The van der Waals surface area contributed by atoms with Crippen molar-refractivity contribution in [1.82, 2.24) is 4.98 Å². The van der Waals surface area contributed by atoms with Crippen molar-refractivity contribution >= 4 is 11.8 Å². The Balaban J connectivity index is 2.03. The van der Waals surface area contributed by atoms with E-state index >= 15 is 0 Å². The molecular formula is C14H18N2O2S. The van der Waals surface area contributed by atoms with E-state index in [-0.39, 0.29) is 11.3 Å². The third kappa shape index (κ3) is 3.52. The number of rotatable bonds is 5. The van der Waals surface area contributed by atoms with Gasteiger partial charge in [-0.1, -0.05) is 30.8 Å². The predicted octanol–water partition coefficient (Wildman–Crippen LogP) is 3.17. The number of hydrogen-bond acceptors (Lipinski definition) is 5. The van der Waals surface area contributed by atoms with E-state index < -0.39 is 0 Å². The van der Waals surface area contributed by atoms with Gasteiger partial charge in [-0.2, -0.15) is 0 Å². The van der Waals surface area contributed by atoms with E-state index in [1.54, 1.807) is 25.1 Å². The molecule has 5 heteroatoms. The van der Waals surface area contributed by atoms with Crippen molar-refractivity contribution in [2.45, 2.75) is 30.4 Å². The maximum absolute atomic E-state index is 6.25. The minimum absolute atomic E-state index is 0.0805. The molecule has 2 aromatic rings. The fourth-order valence-electron chi connectivity index (χ4n) is 1.72. The second kappa shape index (κ2) is 6.12. The Morgan fingerprint density at radius 3 is 2.53 bits per heavy atom. The largest absolute Gasteiger partial charge is 0.497 e. The average Bonchev–Trinajstić information content (AvgIpc) is 2.83. The molecule has 0 fully saturated rings. The van der Waals surface area contributed by atoms with Crippen molar-refractivity contribution in [2.24, 2.45) is 5.73 Å². The second-order valence-corrected chi connectivity index (χ2v) is 5.71. The van der Waals surface area contributed by atoms with Crippen LogP contribution in [-0.2, 0) is 0 Å². The van der Waals surface area contributed by atoms with Gasteiger partial charge in [0.05, 0.1) is 12.8 Å². The second-order valence-electron chi connectivity index (χ2n) is 4.38. The van der Waals surface area contributed by atoms with Crippen LogP contribution < -0.4 is 10.5 Å². The molecule has 2 atom stereocenters. The lowest BCUT2D eigenvalue weighted by atomic mass is 10.1. The maximum atomic E-state index is 6.25. The highest BCUT2D eigenvalue weighted by Gasteiger charge is 2.18. The standard InChI is InChI=1S/C14H18N2O2S/c1-9-8-18-14(16-9)19-10(2)13(15)11-4-6-12(17-3)7-5-11/h4-8,10,13H,15H2,1-3H3. The third-order valence-corrected chi connectivity index (χ3v) is 3.95. The molecule has 0 aliphatic rings. The van der Waals surface area contributed by atoms with Gasteiger partial charge in [0.25, 0.3) is 5.22 Å². The van der Waals surface area contributed by atoms with Crippen LogP contribution >= 0.6 is 11.8 Å². The molecule has 0 saturated carbocycles. The zero-order valence-corrected chi connectivity index (χ0v) is 12.1. The van der Waals surface area contributed by atoms with E-state index in [0.717, 1.165) is 17.0 Å². The number of methoxy groups -OCH3 is 1. The Hall–Kier alpha value is -1.46. The average molecular weight is 278 g/mol. The topological polar surface area (TPSA) is 61.3 Å². The number of aryl methyl sites for hydroxylation is 1. The Morgan fingerprint density at radius 1 is 1.32 bits per heavy atom. The van der Waals surface area contributed by atoms with Gasteiger partial charge >= 0.3 is 0 Å². The normalized spacial score (nSPS) is 14.1. The lowest BCUT2D eigenvalue weighted by Crippen LogP contribution is -2.21. The summed E-state index contributed by atoms with van der Waals surface area (Å²) in [5.41, 5.74) is 8.21. The summed E-state index contributed by atoms with van der Waals surface area (Å²) >= 11 is 1.54. The smallest absolute Gasteiger partial charge is 0.256 e. The van der Waals surface area contributed by atoms with E-state index in [0.29, 0.717) is 5.22 Å². The number of benzene rings is 1. The number of oxazole rings is 1. The summed E-state index contributed by atoms with van der Waals surface area (Å²) in [6.07, 6.45) is 1.65. The van der Waals surface area contributed by atoms with E-state index in [4.69, 9.17) is 14.9 Å². The Bertz CT molecular complexity index is 524. The first kappa shape index (κ1) is 14.0. The summed E-state index contributed by atoms with van der Waals surface area (Å²) in [5, 5.41) is 0.834. The molecule has 1 aromatic carbocycles. The van der Waals surface area contributed by atoms with Gasteiger partial charge < -0.3 is 14.9 Å². The van der Waals surface area contributed by atoms with E-state index in [1.165, 1.54) is 0 Å². The first-order chi connectivity index (χ1) is 9.10. The highest BCUT2D eigenvalue weighted by molar-refractivity contribution is 7.99. The molecule has 0 radical (unpaired) electrons. The number of aromatic nitrogens is 1. The summed E-state index contributed by atoms with van der Waals surface area (Å²) < 4.78 is 10.5. The van der Waals surface area contributed by atoms with Gasteiger partial charge in [0.1, 0.15) is 12.0 Å². The fraction of sp³-hybridized carbons (Fsp3) is 0.357.